The van der Waals surface area contributed by atoms with Crippen LogP contribution in [0.4, 0.5) is 0 Å². The fourth-order valence-corrected chi connectivity index (χ4v) is 6.68. The molecule has 8 heteroatoms. The van der Waals surface area contributed by atoms with Crippen LogP contribution in [0.2, 0.25) is 5.02 Å². The topological polar surface area (TPSA) is 107 Å². The number of rotatable bonds is 3. The lowest BCUT2D eigenvalue weighted by molar-refractivity contribution is -0.274. The maximum Gasteiger partial charge on any atom is 0.233 e. The fraction of sp³-hybridized carbons (Fsp3) is 0.652. The minimum absolute atomic E-state index is 0.0239. The van der Waals surface area contributed by atoms with Gasteiger partial charge in [0.05, 0.1) is 29.6 Å². The third-order valence-electron chi connectivity index (χ3n) is 7.89. The summed E-state index contributed by atoms with van der Waals surface area (Å²) in [6.45, 7) is -0.336. The van der Waals surface area contributed by atoms with E-state index in [9.17, 15) is 24.9 Å². The molecule has 3 N–H and O–H groups in total. The number of hydrogen-bond donors (Lipinski definition) is 3. The van der Waals surface area contributed by atoms with Crippen molar-refractivity contribution in [1.29, 1.82) is 0 Å². The van der Waals surface area contributed by atoms with Crippen molar-refractivity contribution in [3.05, 3.63) is 28.8 Å². The summed E-state index contributed by atoms with van der Waals surface area (Å²) in [4.78, 5) is 28.3. The zero-order valence-electron chi connectivity index (χ0n) is 17.2. The summed E-state index contributed by atoms with van der Waals surface area (Å²) in [6.07, 6.45) is 4.74. The van der Waals surface area contributed by atoms with E-state index in [1.54, 1.807) is 6.07 Å². The third-order valence-corrected chi connectivity index (χ3v) is 8.22. The summed E-state index contributed by atoms with van der Waals surface area (Å²) in [7, 11) is 0. The van der Waals surface area contributed by atoms with Gasteiger partial charge in [0.15, 0.2) is 5.79 Å². The Kier molecular flexibility index (Phi) is 5.28. The molecule has 31 heavy (non-hydrogen) atoms. The number of halogens is 1. The van der Waals surface area contributed by atoms with Crippen molar-refractivity contribution in [2.45, 2.75) is 62.9 Å². The average molecular weight is 450 g/mol. The van der Waals surface area contributed by atoms with Crippen molar-refractivity contribution >= 4 is 23.4 Å². The number of ether oxygens (including phenoxy) is 1. The number of aliphatic hydroxyl groups is 2. The lowest BCUT2D eigenvalue weighted by atomic mass is 9.64. The van der Waals surface area contributed by atoms with Crippen molar-refractivity contribution in [3.63, 3.8) is 0 Å². The molecule has 2 saturated carbocycles. The van der Waals surface area contributed by atoms with Crippen molar-refractivity contribution in [3.8, 4) is 5.75 Å². The van der Waals surface area contributed by atoms with Gasteiger partial charge < -0.3 is 20.1 Å². The molecule has 4 aliphatic rings. The summed E-state index contributed by atoms with van der Waals surface area (Å²) >= 11 is 6.31. The molecule has 0 radical (unpaired) electrons. The Morgan fingerprint density at radius 2 is 1.87 bits per heavy atom. The Hall–Kier alpha value is -1.67. The highest BCUT2D eigenvalue weighted by Gasteiger charge is 2.67. The van der Waals surface area contributed by atoms with Crippen LogP contribution < -0.4 is 0 Å². The number of nitrogens with zero attached hydrogens (tertiary/aromatic N) is 1. The first kappa shape index (κ1) is 21.2. The summed E-state index contributed by atoms with van der Waals surface area (Å²) in [5, 5.41) is 31.5. The van der Waals surface area contributed by atoms with Gasteiger partial charge in [0.1, 0.15) is 5.75 Å². The first-order valence-electron chi connectivity index (χ1n) is 11.2. The second kappa shape index (κ2) is 7.73. The Balaban J connectivity index is 1.49. The molecule has 4 fully saturated rings. The van der Waals surface area contributed by atoms with E-state index < -0.39 is 35.6 Å². The molecule has 2 saturated heterocycles. The highest BCUT2D eigenvalue weighted by Crippen LogP contribution is 2.59. The van der Waals surface area contributed by atoms with Gasteiger partial charge in [-0.1, -0.05) is 36.9 Å². The normalized spacial score (nSPS) is 38.4. The molecule has 0 unspecified atom stereocenters. The van der Waals surface area contributed by atoms with E-state index >= 15 is 0 Å². The number of imide groups is 1. The van der Waals surface area contributed by atoms with Gasteiger partial charge in [0, 0.05) is 17.9 Å². The van der Waals surface area contributed by atoms with E-state index in [1.807, 2.05) is 0 Å². The second-order valence-corrected chi connectivity index (χ2v) is 9.90. The number of benzene rings is 1. The quantitative estimate of drug-likeness (QED) is 0.612. The SMILES string of the molecule is O=C1[C@H]2[C@H](C[C@H](CO)[C@@]3(O)O[C@H](c4ccc(O)cc4Cl)C[C@@H]23)C(=O)N1C1CCCCC1. The fourth-order valence-electron chi connectivity index (χ4n) is 6.39. The Bertz CT molecular complexity index is 902. The summed E-state index contributed by atoms with van der Waals surface area (Å²) in [5.41, 5.74) is 0.608. The van der Waals surface area contributed by atoms with Crippen LogP contribution in [0.15, 0.2) is 18.2 Å². The molecule has 168 valence electrons. The highest BCUT2D eigenvalue weighted by molar-refractivity contribution is 6.31. The molecular weight excluding hydrogens is 422 g/mol. The van der Waals surface area contributed by atoms with Crippen LogP contribution in [0, 0.1) is 23.7 Å². The average Bonchev–Trinajstić information content (AvgIpc) is 3.22. The van der Waals surface area contributed by atoms with Gasteiger partial charge in [0.2, 0.25) is 11.8 Å². The summed E-state index contributed by atoms with van der Waals surface area (Å²) < 4.78 is 6.08. The van der Waals surface area contributed by atoms with Gasteiger partial charge in [-0.25, -0.2) is 0 Å². The lowest BCUT2D eigenvalue weighted by Gasteiger charge is -2.44. The van der Waals surface area contributed by atoms with Crippen molar-refractivity contribution in [2.75, 3.05) is 6.61 Å². The van der Waals surface area contributed by atoms with E-state index in [1.165, 1.54) is 17.0 Å². The maximum absolute atomic E-state index is 13.5. The molecule has 7 nitrogen and oxygen atoms in total. The van der Waals surface area contributed by atoms with E-state index in [4.69, 9.17) is 16.3 Å². The monoisotopic (exact) mass is 449 g/mol. The van der Waals surface area contributed by atoms with Crippen molar-refractivity contribution in [2.24, 2.45) is 23.7 Å². The van der Waals surface area contributed by atoms with E-state index in [0.717, 1.165) is 32.1 Å². The lowest BCUT2D eigenvalue weighted by Crippen LogP contribution is -2.54. The van der Waals surface area contributed by atoms with Gasteiger partial charge in [-0.05, 0) is 43.4 Å². The highest BCUT2D eigenvalue weighted by atomic mass is 35.5. The molecule has 2 aliphatic carbocycles. The van der Waals surface area contributed by atoms with Crippen LogP contribution in [0.25, 0.3) is 0 Å². The number of fused-ring (bicyclic) bond motifs is 3. The van der Waals surface area contributed by atoms with Gasteiger partial charge in [-0.3, -0.25) is 14.5 Å². The number of carbonyl (C=O) groups excluding carboxylic acids is 2. The number of phenolic OH excluding ortho intramolecular Hbond substituents is 1. The third kappa shape index (κ3) is 3.20. The smallest absolute Gasteiger partial charge is 0.233 e. The van der Waals surface area contributed by atoms with Crippen LogP contribution >= 0.6 is 11.6 Å². The number of hydrogen-bond acceptors (Lipinski definition) is 6. The Labute approximate surface area is 185 Å². The maximum atomic E-state index is 13.5. The van der Waals surface area contributed by atoms with Crippen LogP contribution in [-0.4, -0.2) is 50.5 Å². The van der Waals surface area contributed by atoms with Crippen LogP contribution in [0.5, 0.6) is 5.75 Å². The molecule has 2 heterocycles. The molecule has 5 rings (SSSR count). The molecule has 2 aliphatic heterocycles. The molecule has 1 aromatic rings. The number of likely N-dealkylation sites (tertiary alicyclic amines) is 1. The van der Waals surface area contributed by atoms with Crippen LogP contribution in [-0.2, 0) is 14.3 Å². The van der Waals surface area contributed by atoms with Gasteiger partial charge in [0.25, 0.3) is 0 Å². The molecule has 2 amide bonds. The number of amides is 2. The first-order chi connectivity index (χ1) is 14.8. The van der Waals surface area contributed by atoms with Gasteiger partial charge in [-0.15, -0.1) is 0 Å². The molecule has 0 aromatic heterocycles. The number of aliphatic hydroxyl groups excluding tert-OH is 1. The van der Waals surface area contributed by atoms with E-state index in [-0.39, 0.29) is 36.6 Å². The zero-order chi connectivity index (χ0) is 21.9. The first-order valence-corrected chi connectivity index (χ1v) is 11.6. The van der Waals surface area contributed by atoms with Gasteiger partial charge >= 0.3 is 0 Å². The van der Waals surface area contributed by atoms with Crippen LogP contribution in [0.1, 0.15) is 56.6 Å². The predicted molar refractivity (Wildman–Crippen MR) is 111 cm³/mol. The largest absolute Gasteiger partial charge is 0.508 e. The van der Waals surface area contributed by atoms with Crippen LogP contribution in [0.3, 0.4) is 0 Å². The number of aromatic hydroxyl groups is 1. The predicted octanol–water partition coefficient (Wildman–Crippen LogP) is 2.76. The molecular formula is C23H28ClNO6. The Morgan fingerprint density at radius 1 is 1.13 bits per heavy atom. The minimum atomic E-state index is -1.71. The molecule has 0 spiro atoms. The van der Waals surface area contributed by atoms with E-state index in [2.05, 4.69) is 0 Å². The van der Waals surface area contributed by atoms with Gasteiger partial charge in [-0.2, -0.15) is 0 Å². The van der Waals surface area contributed by atoms with Crippen molar-refractivity contribution < 1.29 is 29.6 Å². The minimum Gasteiger partial charge on any atom is -0.508 e. The Morgan fingerprint density at radius 3 is 2.55 bits per heavy atom. The number of carbonyl (C=O) groups is 2. The second-order valence-electron chi connectivity index (χ2n) is 9.49. The summed E-state index contributed by atoms with van der Waals surface area (Å²) in [5.74, 6) is -4.50. The van der Waals surface area contributed by atoms with Crippen molar-refractivity contribution in [1.82, 2.24) is 4.90 Å². The standard InChI is InChI=1S/C23H28ClNO6/c24-18-9-14(27)6-7-15(18)19-10-17-20-16(8-12(11-26)23(17,30)31-19)21(28)25(22(20)29)13-4-2-1-3-5-13/h6-7,9,12-13,16-17,19-20,26-27,30H,1-5,8,10-11H2/t12-,16+,17+,19+,20+,23-/m1/s1. The number of phenols is 1. The molecule has 0 bridgehead atoms. The molecule has 1 aromatic carbocycles. The zero-order valence-corrected chi connectivity index (χ0v) is 18.0. The molecule has 6 atom stereocenters. The van der Waals surface area contributed by atoms with E-state index in [0.29, 0.717) is 17.0 Å². The summed E-state index contributed by atoms with van der Waals surface area (Å²) in [6, 6.07) is 4.49.